The first-order valence-electron chi connectivity index (χ1n) is 9.44. The van der Waals surface area contributed by atoms with Gasteiger partial charge in [0.15, 0.2) is 0 Å². The molecule has 1 N–H and O–H groups in total. The molecule has 1 amide bonds. The van der Waals surface area contributed by atoms with Crippen molar-refractivity contribution in [2.45, 2.75) is 32.1 Å². The van der Waals surface area contributed by atoms with Gasteiger partial charge in [0.2, 0.25) is 0 Å². The Kier molecular flexibility index (Phi) is 4.34. The molecule has 0 fully saturated rings. The zero-order valence-corrected chi connectivity index (χ0v) is 17.4. The van der Waals surface area contributed by atoms with Gasteiger partial charge in [0.25, 0.3) is 0 Å². The molecule has 140 valence electrons. The molecule has 0 aliphatic carbocycles. The van der Waals surface area contributed by atoms with Crippen LogP contribution in [0.3, 0.4) is 0 Å². The highest BCUT2D eigenvalue weighted by Gasteiger charge is 2.35. The van der Waals surface area contributed by atoms with Gasteiger partial charge in [-0.2, -0.15) is 0 Å². The van der Waals surface area contributed by atoms with Crippen molar-refractivity contribution in [1.29, 1.82) is 0 Å². The van der Waals surface area contributed by atoms with E-state index in [1.165, 1.54) is 23.2 Å². The molecule has 0 spiro atoms. The third-order valence-electron chi connectivity index (χ3n) is 5.51. The zero-order valence-electron chi connectivity index (χ0n) is 16.4. The van der Waals surface area contributed by atoms with Crippen LogP contribution in [0.25, 0.3) is 10.9 Å². The number of aromatic nitrogens is 1. The number of aromatic amines is 1. The molecule has 2 aromatic carbocycles. The number of hydrogen-bond donors (Lipinski definition) is 1. The molecular weight excluding hydrogens is 352 g/mol. The molecular formula is C22H26N2O2Si. The third-order valence-corrected chi connectivity index (χ3v) is 7.56. The molecule has 1 atom stereocenters. The fraction of sp³-hybridized carbons (Fsp3) is 0.318. The summed E-state index contributed by atoms with van der Waals surface area (Å²) in [6.45, 7) is 7.70. The van der Waals surface area contributed by atoms with E-state index in [-0.39, 0.29) is 12.1 Å². The zero-order chi connectivity index (χ0) is 19.2. The molecule has 0 saturated heterocycles. The van der Waals surface area contributed by atoms with Crippen LogP contribution in [0, 0.1) is 0 Å². The van der Waals surface area contributed by atoms with Gasteiger partial charge in [-0.3, -0.25) is 4.90 Å². The first kappa shape index (κ1) is 17.9. The van der Waals surface area contributed by atoms with E-state index >= 15 is 0 Å². The summed E-state index contributed by atoms with van der Waals surface area (Å²) in [6.07, 6.45) is 0.557. The lowest BCUT2D eigenvalue weighted by Gasteiger charge is -2.35. The van der Waals surface area contributed by atoms with Gasteiger partial charge in [0.05, 0.1) is 15.2 Å². The second kappa shape index (κ2) is 6.57. The highest BCUT2D eigenvalue weighted by Crippen LogP contribution is 2.38. The average Bonchev–Trinajstić information content (AvgIpc) is 3.04. The summed E-state index contributed by atoms with van der Waals surface area (Å²) in [5, 5.41) is 2.65. The van der Waals surface area contributed by atoms with E-state index in [4.69, 9.17) is 4.74 Å². The Morgan fingerprint density at radius 1 is 1.15 bits per heavy atom. The van der Waals surface area contributed by atoms with Crippen LogP contribution in [-0.2, 0) is 11.2 Å². The van der Waals surface area contributed by atoms with Crippen molar-refractivity contribution in [3.63, 3.8) is 0 Å². The molecule has 1 aliphatic heterocycles. The third kappa shape index (κ3) is 3.06. The maximum absolute atomic E-state index is 12.6. The normalized spacial score (nSPS) is 17.0. The van der Waals surface area contributed by atoms with E-state index in [1.807, 2.05) is 11.0 Å². The largest absolute Gasteiger partial charge is 0.453 e. The van der Waals surface area contributed by atoms with Crippen LogP contribution in [0.1, 0.15) is 22.9 Å². The fourth-order valence-electron chi connectivity index (χ4n) is 4.08. The van der Waals surface area contributed by atoms with E-state index < -0.39 is 8.07 Å². The number of fused-ring (bicyclic) bond motifs is 3. The molecule has 1 aliphatic rings. The molecule has 1 aromatic heterocycles. The van der Waals surface area contributed by atoms with Gasteiger partial charge >= 0.3 is 6.09 Å². The van der Waals surface area contributed by atoms with Crippen LogP contribution in [0.4, 0.5) is 4.79 Å². The number of nitrogens with one attached hydrogen (secondary N) is 1. The van der Waals surface area contributed by atoms with Crippen LogP contribution in [0.2, 0.25) is 19.6 Å². The Morgan fingerprint density at radius 2 is 1.93 bits per heavy atom. The number of amides is 1. The summed E-state index contributed by atoms with van der Waals surface area (Å²) >= 11 is 0. The van der Waals surface area contributed by atoms with Crippen molar-refractivity contribution >= 4 is 30.3 Å². The molecule has 2 heterocycles. The minimum Gasteiger partial charge on any atom is -0.453 e. The van der Waals surface area contributed by atoms with Crippen LogP contribution in [0.5, 0.6) is 0 Å². The van der Waals surface area contributed by atoms with Crippen molar-refractivity contribution in [2.24, 2.45) is 0 Å². The standard InChI is InChI=1S/C22H26N2O2Si/c1-26-22(25)24-13-12-18-17-10-5-6-11-19(17)23-20(18)21(24)15-8-7-9-16(14-15)27(2,3)4/h5-11,14,21,23H,12-13H2,1-4H3. The summed E-state index contributed by atoms with van der Waals surface area (Å²) < 4.78 is 5.11. The molecule has 0 radical (unpaired) electrons. The maximum Gasteiger partial charge on any atom is 0.410 e. The van der Waals surface area contributed by atoms with E-state index in [9.17, 15) is 4.79 Å². The van der Waals surface area contributed by atoms with Gasteiger partial charge in [-0.05, 0) is 23.6 Å². The van der Waals surface area contributed by atoms with Crippen LogP contribution in [-0.4, -0.2) is 37.7 Å². The van der Waals surface area contributed by atoms with Crippen LogP contribution in [0.15, 0.2) is 48.5 Å². The minimum atomic E-state index is -1.45. The quantitative estimate of drug-likeness (QED) is 0.671. The average molecular weight is 379 g/mol. The second-order valence-electron chi connectivity index (χ2n) is 8.25. The Labute approximate surface area is 161 Å². The number of ether oxygens (including phenoxy) is 1. The van der Waals surface area contributed by atoms with E-state index in [1.54, 1.807) is 0 Å². The number of para-hydroxylation sites is 1. The molecule has 27 heavy (non-hydrogen) atoms. The van der Waals surface area contributed by atoms with Gasteiger partial charge in [-0.25, -0.2) is 4.79 Å². The lowest BCUT2D eigenvalue weighted by atomic mass is 9.93. The molecule has 1 unspecified atom stereocenters. The predicted octanol–water partition coefficient (Wildman–Crippen LogP) is 4.43. The molecule has 3 aromatic rings. The first-order chi connectivity index (χ1) is 12.9. The molecule has 4 rings (SSSR count). The fourth-order valence-corrected chi connectivity index (χ4v) is 5.27. The number of benzene rings is 2. The van der Waals surface area contributed by atoms with Crippen LogP contribution < -0.4 is 5.19 Å². The van der Waals surface area contributed by atoms with Gasteiger partial charge in [-0.15, -0.1) is 0 Å². The lowest BCUT2D eigenvalue weighted by Crippen LogP contribution is -2.42. The minimum absolute atomic E-state index is 0.148. The van der Waals surface area contributed by atoms with Crippen molar-refractivity contribution in [3.8, 4) is 0 Å². The number of methoxy groups -OCH3 is 1. The Balaban J connectivity index is 1.91. The predicted molar refractivity (Wildman–Crippen MR) is 112 cm³/mol. The van der Waals surface area contributed by atoms with Gasteiger partial charge in [0, 0.05) is 23.1 Å². The molecule has 4 nitrogen and oxygen atoms in total. The van der Waals surface area contributed by atoms with Crippen molar-refractivity contribution in [3.05, 3.63) is 65.4 Å². The van der Waals surface area contributed by atoms with Gasteiger partial charge in [-0.1, -0.05) is 67.3 Å². The summed E-state index contributed by atoms with van der Waals surface area (Å²) in [4.78, 5) is 18.0. The van der Waals surface area contributed by atoms with E-state index in [0.29, 0.717) is 6.54 Å². The Bertz CT molecular complexity index is 1000. The number of H-pyrrole nitrogens is 1. The van der Waals surface area contributed by atoms with Gasteiger partial charge < -0.3 is 9.72 Å². The summed E-state index contributed by atoms with van der Waals surface area (Å²) in [7, 11) is 0.00288. The van der Waals surface area contributed by atoms with Crippen molar-refractivity contribution in [1.82, 2.24) is 9.88 Å². The number of hydrogen-bond acceptors (Lipinski definition) is 2. The first-order valence-corrected chi connectivity index (χ1v) is 12.9. The molecule has 0 bridgehead atoms. The van der Waals surface area contributed by atoms with Crippen molar-refractivity contribution < 1.29 is 9.53 Å². The summed E-state index contributed by atoms with van der Waals surface area (Å²) in [6, 6.07) is 17.0. The van der Waals surface area contributed by atoms with E-state index in [0.717, 1.165) is 23.2 Å². The maximum atomic E-state index is 12.6. The highest BCUT2D eigenvalue weighted by atomic mass is 28.3. The second-order valence-corrected chi connectivity index (χ2v) is 13.3. The lowest BCUT2D eigenvalue weighted by molar-refractivity contribution is 0.108. The monoisotopic (exact) mass is 378 g/mol. The topological polar surface area (TPSA) is 45.3 Å². The smallest absolute Gasteiger partial charge is 0.410 e. The Morgan fingerprint density at radius 3 is 2.67 bits per heavy atom. The summed E-state index contributed by atoms with van der Waals surface area (Å²) in [5.41, 5.74) is 4.70. The number of rotatable bonds is 2. The van der Waals surface area contributed by atoms with Crippen molar-refractivity contribution in [2.75, 3.05) is 13.7 Å². The molecule has 5 heteroatoms. The summed E-state index contributed by atoms with van der Waals surface area (Å²) in [5.74, 6) is 0. The number of carbonyl (C=O) groups excluding carboxylic acids is 1. The van der Waals surface area contributed by atoms with Gasteiger partial charge in [0.1, 0.15) is 6.04 Å². The van der Waals surface area contributed by atoms with E-state index in [2.05, 4.69) is 67.1 Å². The Hall–Kier alpha value is -2.53. The SMILES string of the molecule is COC(=O)N1CCc2c([nH]c3ccccc23)C1c1cccc([Si](C)(C)C)c1. The van der Waals surface area contributed by atoms with Crippen LogP contribution >= 0.6 is 0 Å². The molecule has 0 saturated carbocycles. The highest BCUT2D eigenvalue weighted by molar-refractivity contribution is 6.88. The number of carbonyl (C=O) groups is 1. The number of nitrogens with zero attached hydrogens (tertiary/aromatic N) is 1.